The number of carbonyl (C=O) groups excluding carboxylic acids is 1. The zero-order chi connectivity index (χ0) is 23.1. The van der Waals surface area contributed by atoms with Crippen LogP contribution in [-0.4, -0.2) is 46.4 Å². The second-order valence-electron chi connectivity index (χ2n) is 7.66. The van der Waals surface area contributed by atoms with E-state index in [9.17, 15) is 4.79 Å². The van der Waals surface area contributed by atoms with Crippen LogP contribution >= 0.6 is 0 Å². The van der Waals surface area contributed by atoms with Gasteiger partial charge in [-0.25, -0.2) is 4.99 Å². The maximum Gasteiger partial charge on any atom is 0.284 e. The highest BCUT2D eigenvalue weighted by Crippen LogP contribution is 2.19. The molecule has 0 aliphatic rings. The Bertz CT molecular complexity index is 1070. The molecule has 0 unspecified atom stereocenters. The fourth-order valence-corrected chi connectivity index (χ4v) is 3.06. The molecule has 0 N–H and O–H groups in total. The second-order valence-corrected chi connectivity index (χ2v) is 7.66. The number of nitriles is 1. The van der Waals surface area contributed by atoms with Crippen LogP contribution in [0.25, 0.3) is 0 Å². The van der Waals surface area contributed by atoms with Gasteiger partial charge in [-0.05, 0) is 48.5 Å². The van der Waals surface area contributed by atoms with Crippen molar-refractivity contribution in [2.75, 3.05) is 44.6 Å². The van der Waals surface area contributed by atoms with Crippen molar-refractivity contribution in [3.05, 3.63) is 89.5 Å². The van der Waals surface area contributed by atoms with Gasteiger partial charge in [-0.1, -0.05) is 24.3 Å². The number of ether oxygens (including phenoxy) is 1. The van der Waals surface area contributed by atoms with E-state index in [4.69, 9.17) is 10.00 Å². The van der Waals surface area contributed by atoms with Crippen LogP contribution in [0.2, 0.25) is 0 Å². The summed E-state index contributed by atoms with van der Waals surface area (Å²) in [4.78, 5) is 21.1. The summed E-state index contributed by atoms with van der Waals surface area (Å²) < 4.78 is 5.56. The molecule has 6 heteroatoms. The van der Waals surface area contributed by atoms with E-state index in [1.165, 1.54) is 0 Å². The average Bonchev–Trinajstić information content (AvgIpc) is 2.81. The van der Waals surface area contributed by atoms with Gasteiger partial charge in [0, 0.05) is 50.7 Å². The summed E-state index contributed by atoms with van der Waals surface area (Å²) in [5, 5.41) is 8.89. The standard InChI is InChI=1S/C26H26N4O2/c1-29(2)22-11-7-20(8-12-22)26(21-9-13-23(14-10-21)30(3)4)28-25(31)18-32-24-15-5-19(17-27)6-16-24/h5-16H,18H2,1-4H3. The number of amides is 1. The molecule has 0 atom stereocenters. The van der Waals surface area contributed by atoms with Gasteiger partial charge >= 0.3 is 0 Å². The summed E-state index contributed by atoms with van der Waals surface area (Å²) in [6.45, 7) is -0.193. The van der Waals surface area contributed by atoms with Crippen molar-refractivity contribution < 1.29 is 9.53 Å². The Kier molecular flexibility index (Phi) is 7.25. The topological polar surface area (TPSA) is 68.9 Å². The van der Waals surface area contributed by atoms with Gasteiger partial charge in [-0.15, -0.1) is 0 Å². The van der Waals surface area contributed by atoms with Gasteiger partial charge in [0.25, 0.3) is 5.91 Å². The largest absolute Gasteiger partial charge is 0.484 e. The third-order valence-electron chi connectivity index (χ3n) is 4.90. The monoisotopic (exact) mass is 426 g/mol. The lowest BCUT2D eigenvalue weighted by Crippen LogP contribution is -2.14. The molecule has 0 saturated carbocycles. The number of anilines is 2. The number of aliphatic imine (C=N–C) groups is 1. The number of hydrogen-bond donors (Lipinski definition) is 0. The predicted octanol–water partition coefficient (Wildman–Crippen LogP) is 4.13. The molecule has 32 heavy (non-hydrogen) atoms. The predicted molar refractivity (Wildman–Crippen MR) is 129 cm³/mol. The zero-order valence-electron chi connectivity index (χ0n) is 18.7. The summed E-state index contributed by atoms with van der Waals surface area (Å²) in [5.41, 5.74) is 4.94. The van der Waals surface area contributed by atoms with Crippen LogP contribution in [-0.2, 0) is 4.79 Å². The van der Waals surface area contributed by atoms with E-state index in [1.54, 1.807) is 24.3 Å². The first kappa shape index (κ1) is 22.6. The van der Waals surface area contributed by atoms with Crippen LogP contribution in [0, 0.1) is 11.3 Å². The Morgan fingerprint density at radius 2 is 1.28 bits per heavy atom. The molecule has 6 nitrogen and oxygen atoms in total. The van der Waals surface area contributed by atoms with Crippen molar-refractivity contribution in [3.8, 4) is 11.8 Å². The molecule has 0 aliphatic heterocycles. The molecule has 0 fully saturated rings. The highest BCUT2D eigenvalue weighted by molar-refractivity contribution is 6.17. The minimum absolute atomic E-state index is 0.193. The smallest absolute Gasteiger partial charge is 0.284 e. The lowest BCUT2D eigenvalue weighted by molar-refractivity contribution is -0.119. The number of rotatable bonds is 7. The van der Waals surface area contributed by atoms with Crippen molar-refractivity contribution >= 4 is 23.0 Å². The Hall–Kier alpha value is -4.11. The van der Waals surface area contributed by atoms with Crippen molar-refractivity contribution in [1.29, 1.82) is 5.26 Å². The average molecular weight is 427 g/mol. The SMILES string of the molecule is CN(C)c1ccc(C(=NC(=O)COc2ccc(C#N)cc2)c2ccc(N(C)C)cc2)cc1. The highest BCUT2D eigenvalue weighted by atomic mass is 16.5. The van der Waals surface area contributed by atoms with Crippen LogP contribution in [0.3, 0.4) is 0 Å². The molecule has 0 radical (unpaired) electrons. The van der Waals surface area contributed by atoms with E-state index in [0.717, 1.165) is 22.5 Å². The van der Waals surface area contributed by atoms with Crippen molar-refractivity contribution in [2.24, 2.45) is 4.99 Å². The maximum atomic E-state index is 12.7. The van der Waals surface area contributed by atoms with Crippen molar-refractivity contribution in [1.82, 2.24) is 0 Å². The van der Waals surface area contributed by atoms with Gasteiger partial charge in [0.05, 0.1) is 17.3 Å². The van der Waals surface area contributed by atoms with Gasteiger partial charge in [0.1, 0.15) is 5.75 Å². The molecule has 3 rings (SSSR count). The minimum atomic E-state index is -0.391. The van der Waals surface area contributed by atoms with Gasteiger partial charge in [-0.2, -0.15) is 5.26 Å². The van der Waals surface area contributed by atoms with Gasteiger partial charge in [0.15, 0.2) is 6.61 Å². The number of carbonyl (C=O) groups is 1. The lowest BCUT2D eigenvalue weighted by atomic mass is 10.0. The fraction of sp³-hybridized carbons (Fsp3) is 0.192. The molecule has 1 amide bonds. The van der Waals surface area contributed by atoms with Crippen molar-refractivity contribution in [2.45, 2.75) is 0 Å². The number of nitrogens with zero attached hydrogens (tertiary/aromatic N) is 4. The normalized spacial score (nSPS) is 10.1. The molecule has 0 heterocycles. The molecule has 0 aromatic heterocycles. The van der Waals surface area contributed by atoms with Gasteiger partial charge in [0.2, 0.25) is 0 Å². The zero-order valence-corrected chi connectivity index (χ0v) is 18.7. The first-order valence-electron chi connectivity index (χ1n) is 10.2. The number of hydrogen-bond acceptors (Lipinski definition) is 5. The second kappa shape index (κ2) is 10.3. The van der Waals surface area contributed by atoms with Crippen molar-refractivity contribution in [3.63, 3.8) is 0 Å². The van der Waals surface area contributed by atoms with Gasteiger partial charge < -0.3 is 14.5 Å². The van der Waals surface area contributed by atoms with E-state index in [1.807, 2.05) is 86.5 Å². The van der Waals surface area contributed by atoms with E-state index in [2.05, 4.69) is 11.1 Å². The molecule has 0 saturated heterocycles. The summed E-state index contributed by atoms with van der Waals surface area (Å²) >= 11 is 0. The van der Waals surface area contributed by atoms with Crippen LogP contribution in [0.15, 0.2) is 77.8 Å². The Balaban J connectivity index is 1.87. The Labute approximate surface area is 189 Å². The molecular formula is C26H26N4O2. The van der Waals surface area contributed by atoms with Gasteiger partial charge in [-0.3, -0.25) is 4.79 Å². The lowest BCUT2D eigenvalue weighted by Gasteiger charge is -2.15. The van der Waals surface area contributed by atoms with Crippen LogP contribution in [0.5, 0.6) is 5.75 Å². The van der Waals surface area contributed by atoms with E-state index in [-0.39, 0.29) is 6.61 Å². The molecular weight excluding hydrogens is 400 g/mol. The fourth-order valence-electron chi connectivity index (χ4n) is 3.06. The third-order valence-corrected chi connectivity index (χ3v) is 4.90. The minimum Gasteiger partial charge on any atom is -0.484 e. The molecule has 3 aromatic rings. The molecule has 162 valence electrons. The van der Waals surface area contributed by atoms with E-state index >= 15 is 0 Å². The van der Waals surface area contributed by atoms with Crippen LogP contribution in [0.4, 0.5) is 11.4 Å². The summed E-state index contributed by atoms with van der Waals surface area (Å²) in [6.07, 6.45) is 0. The van der Waals surface area contributed by atoms with E-state index in [0.29, 0.717) is 17.0 Å². The molecule has 3 aromatic carbocycles. The maximum absolute atomic E-state index is 12.7. The molecule has 0 spiro atoms. The van der Waals surface area contributed by atoms with E-state index < -0.39 is 5.91 Å². The first-order chi connectivity index (χ1) is 15.4. The van der Waals surface area contributed by atoms with Crippen LogP contribution in [0.1, 0.15) is 16.7 Å². The van der Waals surface area contributed by atoms with Crippen LogP contribution < -0.4 is 14.5 Å². The Morgan fingerprint density at radius 3 is 1.69 bits per heavy atom. The molecule has 0 aliphatic carbocycles. The first-order valence-corrected chi connectivity index (χ1v) is 10.2. The third kappa shape index (κ3) is 5.73. The quantitative estimate of drug-likeness (QED) is 0.531. The molecule has 0 bridgehead atoms. The summed E-state index contributed by atoms with van der Waals surface area (Å²) in [5.74, 6) is 0.123. The summed E-state index contributed by atoms with van der Waals surface area (Å²) in [7, 11) is 7.92. The number of benzene rings is 3. The Morgan fingerprint density at radius 1 is 0.812 bits per heavy atom. The highest BCUT2D eigenvalue weighted by Gasteiger charge is 2.12. The summed E-state index contributed by atoms with van der Waals surface area (Å²) in [6, 6.07) is 24.5.